The van der Waals surface area contributed by atoms with Gasteiger partial charge in [0.25, 0.3) is 31.9 Å². The van der Waals surface area contributed by atoms with E-state index in [0.29, 0.717) is 22.8 Å². The number of hydrogen-bond acceptors (Lipinski definition) is 7. The highest BCUT2D eigenvalue weighted by Crippen LogP contribution is 2.47. The molecule has 20 heteroatoms. The van der Waals surface area contributed by atoms with Gasteiger partial charge in [0.05, 0.1) is 53.9 Å². The Morgan fingerprint density at radius 1 is 0.725 bits per heavy atom. The number of hydrazine groups is 1. The molecule has 360 valence electrons. The van der Waals surface area contributed by atoms with Crippen molar-refractivity contribution in [3.8, 4) is 0 Å². The monoisotopic (exact) mass is 1030 g/mol. The first-order chi connectivity index (χ1) is 32.8. The average Bonchev–Trinajstić information content (AvgIpc) is 3.69. The standard InChI is InChI=1S/C49H42Cl2F5N5O6S2/c1-2-28-17-22-33(23-18-28)69(66,67)61-41-27-32(58-48(63)44-37(51)13-8-15-39(44)53)21-24-34(41)46(59-61)35-11-6-16-42(45(35)49(54,55)56)68(64,65)60-40-26-31(20-19-30(40)25-29-9-4-3-5-10-29)57-47(62)43-36(50)12-7-14-38(43)52/h6-8,11-24,26-27,29,46,59-60H,2-5,9-10,25H2,1H3,(H,57,62)(H,58,63). The van der Waals surface area contributed by atoms with Gasteiger partial charge in [-0.1, -0.05) is 111 Å². The largest absolute Gasteiger partial charge is 0.418 e. The van der Waals surface area contributed by atoms with Crippen LogP contribution in [-0.2, 0) is 39.1 Å². The molecule has 1 atom stereocenters. The van der Waals surface area contributed by atoms with E-state index in [1.54, 1.807) is 12.1 Å². The molecule has 1 heterocycles. The molecule has 69 heavy (non-hydrogen) atoms. The van der Waals surface area contributed by atoms with Gasteiger partial charge in [-0.05, 0) is 102 Å². The number of nitrogens with zero attached hydrogens (tertiary/aromatic N) is 1. The second-order valence-corrected chi connectivity index (χ2v) is 20.9. The number of carbonyl (C=O) groups excluding carboxylic acids is 2. The quantitative estimate of drug-likeness (QED) is 0.0840. The molecule has 8 rings (SSSR count). The van der Waals surface area contributed by atoms with Crippen molar-refractivity contribution < 1.29 is 48.4 Å². The second-order valence-electron chi connectivity index (χ2n) is 16.6. The van der Waals surface area contributed by atoms with Crippen molar-refractivity contribution >= 4 is 77.8 Å². The molecule has 6 aromatic carbocycles. The molecule has 1 unspecified atom stereocenters. The number of hydrogen-bond donors (Lipinski definition) is 4. The van der Waals surface area contributed by atoms with Gasteiger partial charge < -0.3 is 10.6 Å². The van der Waals surface area contributed by atoms with E-state index in [2.05, 4.69) is 20.8 Å². The maximum absolute atomic E-state index is 15.7. The zero-order valence-electron chi connectivity index (χ0n) is 36.4. The van der Waals surface area contributed by atoms with Crippen LogP contribution in [0.3, 0.4) is 0 Å². The third kappa shape index (κ3) is 10.3. The summed E-state index contributed by atoms with van der Waals surface area (Å²) in [5.41, 5.74) is 0.0748. The van der Waals surface area contributed by atoms with Crippen molar-refractivity contribution in [3.63, 3.8) is 0 Å². The molecular weight excluding hydrogens is 985 g/mol. The number of rotatable bonds is 13. The Bertz CT molecular complexity index is 3170. The average molecular weight is 1030 g/mol. The van der Waals surface area contributed by atoms with Crippen LogP contribution in [0, 0.1) is 17.6 Å². The van der Waals surface area contributed by atoms with E-state index >= 15 is 13.2 Å². The molecule has 1 saturated carbocycles. The number of halogens is 7. The van der Waals surface area contributed by atoms with E-state index in [1.165, 1.54) is 72.8 Å². The summed E-state index contributed by atoms with van der Waals surface area (Å²) in [4.78, 5) is 25.1. The molecule has 1 aliphatic heterocycles. The lowest BCUT2D eigenvalue weighted by Crippen LogP contribution is -2.40. The first kappa shape index (κ1) is 49.4. The van der Waals surface area contributed by atoms with Gasteiger partial charge in [0, 0.05) is 16.9 Å². The summed E-state index contributed by atoms with van der Waals surface area (Å²) in [5.74, 6) is -3.70. The molecule has 1 aliphatic carbocycles. The minimum Gasteiger partial charge on any atom is -0.322 e. The van der Waals surface area contributed by atoms with Crippen LogP contribution >= 0.6 is 23.2 Å². The SMILES string of the molecule is CCc1ccc(S(=O)(=O)N2NC(c3cccc(S(=O)(=O)Nc4cc(NC(=O)c5c(F)cccc5Cl)ccc4CC4CCCCC4)c3C(F)(F)F)c3ccc(NC(=O)c4c(F)cccc4Cl)cc32)cc1. The summed E-state index contributed by atoms with van der Waals surface area (Å²) in [6, 6.07) is 22.2. The lowest BCUT2D eigenvalue weighted by molar-refractivity contribution is -0.140. The normalized spacial score (nSPS) is 15.4. The minimum atomic E-state index is -5.38. The summed E-state index contributed by atoms with van der Waals surface area (Å²) in [5, 5.41) is 4.57. The fraction of sp³-hybridized carbons (Fsp3) is 0.224. The Labute approximate surface area is 405 Å². The first-order valence-electron chi connectivity index (χ1n) is 21.7. The van der Waals surface area contributed by atoms with Gasteiger partial charge in [-0.2, -0.15) is 26.0 Å². The van der Waals surface area contributed by atoms with Crippen LogP contribution in [0.1, 0.15) is 93.6 Å². The summed E-state index contributed by atoms with van der Waals surface area (Å²) >= 11 is 12.2. The van der Waals surface area contributed by atoms with E-state index in [4.69, 9.17) is 23.2 Å². The van der Waals surface area contributed by atoms with Crippen LogP contribution in [-0.4, -0.2) is 28.6 Å². The molecule has 0 saturated heterocycles. The van der Waals surface area contributed by atoms with Gasteiger partial charge >= 0.3 is 6.18 Å². The Morgan fingerprint density at radius 2 is 1.30 bits per heavy atom. The van der Waals surface area contributed by atoms with Gasteiger partial charge in [-0.15, -0.1) is 0 Å². The van der Waals surface area contributed by atoms with Crippen molar-refractivity contribution in [2.24, 2.45) is 5.92 Å². The van der Waals surface area contributed by atoms with E-state index < -0.39 is 82.9 Å². The highest BCUT2D eigenvalue weighted by atomic mass is 35.5. The van der Waals surface area contributed by atoms with Crippen LogP contribution in [0.2, 0.25) is 10.0 Å². The highest BCUT2D eigenvalue weighted by Gasteiger charge is 2.45. The molecule has 0 spiro atoms. The molecular formula is C49H42Cl2F5N5O6S2. The number of nitrogens with one attached hydrogen (secondary N) is 4. The summed E-state index contributed by atoms with van der Waals surface area (Å²) in [7, 11) is -9.84. The number of amides is 2. The lowest BCUT2D eigenvalue weighted by atomic mass is 9.84. The molecule has 2 amide bonds. The van der Waals surface area contributed by atoms with Crippen LogP contribution < -0.4 is 25.2 Å². The van der Waals surface area contributed by atoms with E-state index in [1.807, 2.05) is 6.92 Å². The summed E-state index contributed by atoms with van der Waals surface area (Å²) in [6.07, 6.45) is 0.102. The van der Waals surface area contributed by atoms with Gasteiger partial charge in [-0.25, -0.2) is 22.6 Å². The Balaban J connectivity index is 1.21. The molecule has 0 bridgehead atoms. The fourth-order valence-electron chi connectivity index (χ4n) is 8.70. The Kier molecular flexibility index (Phi) is 14.1. The topological polar surface area (TPSA) is 154 Å². The van der Waals surface area contributed by atoms with Gasteiger partial charge in [0.15, 0.2) is 0 Å². The number of sulfonamides is 2. The molecule has 11 nitrogen and oxygen atoms in total. The maximum atomic E-state index is 15.7. The predicted octanol–water partition coefficient (Wildman–Crippen LogP) is 12.1. The molecule has 6 aromatic rings. The van der Waals surface area contributed by atoms with Gasteiger partial charge in [0.1, 0.15) is 11.6 Å². The fourth-order valence-corrected chi connectivity index (χ4v) is 11.9. The summed E-state index contributed by atoms with van der Waals surface area (Å²) in [6.45, 7) is 1.86. The minimum absolute atomic E-state index is 0.0147. The van der Waals surface area contributed by atoms with E-state index in [-0.39, 0.29) is 49.2 Å². The molecule has 2 aliphatic rings. The van der Waals surface area contributed by atoms with E-state index in [9.17, 15) is 35.2 Å². The number of fused-ring (bicyclic) bond motifs is 1. The van der Waals surface area contributed by atoms with Crippen molar-refractivity contribution in [1.29, 1.82) is 0 Å². The zero-order chi connectivity index (χ0) is 49.4. The highest BCUT2D eigenvalue weighted by molar-refractivity contribution is 7.93. The Hall–Kier alpha value is -6.05. The molecule has 0 radical (unpaired) electrons. The van der Waals surface area contributed by atoms with Crippen molar-refractivity contribution in [2.75, 3.05) is 19.8 Å². The van der Waals surface area contributed by atoms with Crippen molar-refractivity contribution in [2.45, 2.75) is 73.9 Å². The number of alkyl halides is 3. The van der Waals surface area contributed by atoms with Crippen LogP contribution in [0.25, 0.3) is 0 Å². The second kappa shape index (κ2) is 19.7. The first-order valence-corrected chi connectivity index (χ1v) is 25.4. The maximum Gasteiger partial charge on any atom is 0.418 e. The van der Waals surface area contributed by atoms with Gasteiger partial charge in [0.2, 0.25) is 0 Å². The molecule has 0 aromatic heterocycles. The smallest absolute Gasteiger partial charge is 0.322 e. The number of carbonyl (C=O) groups is 2. The third-order valence-electron chi connectivity index (χ3n) is 12.1. The zero-order valence-corrected chi connectivity index (χ0v) is 39.6. The predicted molar refractivity (Wildman–Crippen MR) is 255 cm³/mol. The van der Waals surface area contributed by atoms with Crippen molar-refractivity contribution in [1.82, 2.24) is 5.43 Å². The van der Waals surface area contributed by atoms with E-state index in [0.717, 1.165) is 68.0 Å². The number of anilines is 4. The molecule has 1 fully saturated rings. The van der Waals surface area contributed by atoms with Gasteiger partial charge in [-0.3, -0.25) is 14.3 Å². The molecule has 4 N–H and O–H groups in total. The number of benzene rings is 6. The summed E-state index contributed by atoms with van der Waals surface area (Å²) < 4.78 is 138. The number of aryl methyl sites for hydroxylation is 1. The lowest BCUT2D eigenvalue weighted by Gasteiger charge is -2.25. The van der Waals surface area contributed by atoms with Crippen LogP contribution in [0.4, 0.5) is 44.7 Å². The van der Waals surface area contributed by atoms with Crippen LogP contribution in [0.15, 0.2) is 125 Å². The van der Waals surface area contributed by atoms with Crippen LogP contribution in [0.5, 0.6) is 0 Å². The third-order valence-corrected chi connectivity index (χ3v) is 15.8. The van der Waals surface area contributed by atoms with Crippen molar-refractivity contribution in [3.05, 3.63) is 176 Å². The Morgan fingerprint density at radius 3 is 1.88 bits per heavy atom.